The van der Waals surface area contributed by atoms with Crippen LogP contribution in [0.1, 0.15) is 29.8 Å². The molecule has 1 aliphatic heterocycles. The van der Waals surface area contributed by atoms with Gasteiger partial charge < -0.3 is 10.1 Å². The highest BCUT2D eigenvalue weighted by atomic mass is 35.5. The van der Waals surface area contributed by atoms with Crippen LogP contribution in [-0.4, -0.2) is 43.9 Å². The van der Waals surface area contributed by atoms with Gasteiger partial charge in [-0.05, 0) is 62.7 Å². The molecular weight excluding hydrogens is 400 g/mol. The maximum atomic E-state index is 12.9. The molecule has 0 bridgehead atoms. The summed E-state index contributed by atoms with van der Waals surface area (Å²) in [5.41, 5.74) is 1.84. The van der Waals surface area contributed by atoms with E-state index in [1.165, 1.54) is 28.6 Å². The third kappa shape index (κ3) is 4.55. The van der Waals surface area contributed by atoms with Crippen LogP contribution < -0.4 is 5.32 Å². The normalized spacial score (nSPS) is 20.7. The van der Waals surface area contributed by atoms with Gasteiger partial charge in [0.1, 0.15) is 0 Å². The van der Waals surface area contributed by atoms with Gasteiger partial charge in [-0.2, -0.15) is 4.31 Å². The van der Waals surface area contributed by atoms with Crippen molar-refractivity contribution in [3.05, 3.63) is 58.6 Å². The number of ether oxygens (including phenoxy) is 1. The standard InChI is InChI=1S/C20H23ClN2O4S/c1-13-4-9-19(18(21)10-13)22-20(24)16-5-7-17(8-6-16)28(25,26)23-11-14(2)27-15(3)12-23/h4-10,14-15H,11-12H2,1-3H3,(H,22,24)/t14-,15-/m0/s1. The van der Waals surface area contributed by atoms with Gasteiger partial charge in [0.05, 0.1) is 27.8 Å². The first-order valence-corrected chi connectivity index (χ1v) is 10.8. The van der Waals surface area contributed by atoms with Gasteiger partial charge in [0, 0.05) is 18.7 Å². The number of aryl methyl sites for hydroxylation is 1. The van der Waals surface area contributed by atoms with E-state index in [1.54, 1.807) is 12.1 Å². The fourth-order valence-corrected chi connectivity index (χ4v) is 5.04. The Labute approximate surface area is 170 Å². The van der Waals surface area contributed by atoms with Crippen LogP contribution in [0.3, 0.4) is 0 Å². The minimum absolute atomic E-state index is 0.152. The summed E-state index contributed by atoms with van der Waals surface area (Å²) >= 11 is 6.15. The van der Waals surface area contributed by atoms with Gasteiger partial charge >= 0.3 is 0 Å². The number of rotatable bonds is 4. The molecule has 1 fully saturated rings. The molecule has 1 N–H and O–H groups in total. The number of nitrogens with zero attached hydrogens (tertiary/aromatic N) is 1. The molecule has 1 saturated heterocycles. The summed E-state index contributed by atoms with van der Waals surface area (Å²) in [6, 6.07) is 11.2. The third-order valence-electron chi connectivity index (χ3n) is 4.51. The molecule has 0 spiro atoms. The molecule has 2 aromatic rings. The zero-order chi connectivity index (χ0) is 20.5. The van der Waals surface area contributed by atoms with E-state index in [2.05, 4.69) is 5.32 Å². The fourth-order valence-electron chi connectivity index (χ4n) is 3.17. The van der Waals surface area contributed by atoms with Crippen LogP contribution in [0.2, 0.25) is 5.02 Å². The molecule has 28 heavy (non-hydrogen) atoms. The Balaban J connectivity index is 1.76. The highest BCUT2D eigenvalue weighted by Crippen LogP contribution is 2.24. The molecule has 2 aromatic carbocycles. The van der Waals surface area contributed by atoms with E-state index in [9.17, 15) is 13.2 Å². The Morgan fingerprint density at radius 1 is 1.11 bits per heavy atom. The van der Waals surface area contributed by atoms with Gasteiger partial charge in [-0.3, -0.25) is 4.79 Å². The second kappa shape index (κ2) is 8.21. The predicted molar refractivity (Wildman–Crippen MR) is 109 cm³/mol. The van der Waals surface area contributed by atoms with Crippen LogP contribution in [0, 0.1) is 6.92 Å². The van der Waals surface area contributed by atoms with Crippen molar-refractivity contribution in [1.29, 1.82) is 0 Å². The van der Waals surface area contributed by atoms with Crippen molar-refractivity contribution in [2.24, 2.45) is 0 Å². The second-order valence-corrected chi connectivity index (χ2v) is 9.39. The van der Waals surface area contributed by atoms with Gasteiger partial charge in [0.2, 0.25) is 10.0 Å². The monoisotopic (exact) mass is 422 g/mol. The molecule has 0 unspecified atom stereocenters. The first kappa shape index (κ1) is 20.8. The topological polar surface area (TPSA) is 75.7 Å². The third-order valence-corrected chi connectivity index (χ3v) is 6.67. The summed E-state index contributed by atoms with van der Waals surface area (Å²) < 4.78 is 32.8. The summed E-state index contributed by atoms with van der Waals surface area (Å²) in [5.74, 6) is -0.358. The lowest BCUT2D eigenvalue weighted by atomic mass is 10.2. The predicted octanol–water partition coefficient (Wildman–Crippen LogP) is 3.70. The molecule has 3 rings (SSSR count). The SMILES string of the molecule is Cc1ccc(NC(=O)c2ccc(S(=O)(=O)N3C[C@H](C)O[C@@H](C)C3)cc2)c(Cl)c1. The lowest BCUT2D eigenvalue weighted by Gasteiger charge is -2.34. The van der Waals surface area contributed by atoms with Crippen LogP contribution in [-0.2, 0) is 14.8 Å². The van der Waals surface area contributed by atoms with E-state index in [0.717, 1.165) is 5.56 Å². The molecule has 0 aromatic heterocycles. The quantitative estimate of drug-likeness (QED) is 0.815. The molecule has 1 aliphatic rings. The number of nitrogens with one attached hydrogen (secondary N) is 1. The van der Waals surface area contributed by atoms with Gasteiger partial charge in [-0.15, -0.1) is 0 Å². The first-order valence-electron chi connectivity index (χ1n) is 9.00. The smallest absolute Gasteiger partial charge is 0.255 e. The molecule has 0 radical (unpaired) electrons. The zero-order valence-corrected chi connectivity index (χ0v) is 17.5. The van der Waals surface area contributed by atoms with Crippen molar-refractivity contribution in [3.63, 3.8) is 0 Å². The number of anilines is 1. The highest BCUT2D eigenvalue weighted by Gasteiger charge is 2.32. The molecule has 8 heteroatoms. The number of carbonyl (C=O) groups is 1. The summed E-state index contributed by atoms with van der Waals surface area (Å²) in [7, 11) is -3.64. The van der Waals surface area contributed by atoms with E-state index in [4.69, 9.17) is 16.3 Å². The summed E-state index contributed by atoms with van der Waals surface area (Å²) in [6.07, 6.45) is -0.328. The number of amides is 1. The molecule has 1 amide bonds. The Kier molecular flexibility index (Phi) is 6.09. The number of sulfonamides is 1. The van der Waals surface area contributed by atoms with E-state index in [-0.39, 0.29) is 23.0 Å². The molecule has 150 valence electrons. The fraction of sp³-hybridized carbons (Fsp3) is 0.350. The molecule has 1 heterocycles. The summed E-state index contributed by atoms with van der Waals surface area (Å²) in [4.78, 5) is 12.6. The largest absolute Gasteiger partial charge is 0.373 e. The summed E-state index contributed by atoms with van der Waals surface area (Å²) in [6.45, 7) is 6.22. The van der Waals surface area contributed by atoms with Crippen LogP contribution >= 0.6 is 11.6 Å². The van der Waals surface area contributed by atoms with Gasteiger partial charge in [0.25, 0.3) is 5.91 Å². The van der Waals surface area contributed by atoms with E-state index >= 15 is 0 Å². The van der Waals surface area contributed by atoms with E-state index in [0.29, 0.717) is 29.4 Å². The Hall–Kier alpha value is -1.93. The molecule has 2 atom stereocenters. The molecule has 6 nitrogen and oxygen atoms in total. The van der Waals surface area contributed by atoms with Gasteiger partial charge in [-0.25, -0.2) is 8.42 Å². The maximum absolute atomic E-state index is 12.9. The van der Waals surface area contributed by atoms with Crippen LogP contribution in [0.5, 0.6) is 0 Å². The van der Waals surface area contributed by atoms with Crippen molar-refractivity contribution >= 4 is 33.2 Å². The Morgan fingerprint density at radius 3 is 2.29 bits per heavy atom. The van der Waals surface area contributed by atoms with Crippen molar-refractivity contribution in [1.82, 2.24) is 4.31 Å². The molecule has 0 saturated carbocycles. The van der Waals surface area contributed by atoms with Gasteiger partial charge in [0.15, 0.2) is 0 Å². The van der Waals surface area contributed by atoms with Crippen LogP contribution in [0.4, 0.5) is 5.69 Å². The number of benzene rings is 2. The summed E-state index contributed by atoms with van der Waals surface area (Å²) in [5, 5.41) is 3.19. The average molecular weight is 423 g/mol. The molecular formula is C20H23ClN2O4S. The number of halogens is 1. The van der Waals surface area contributed by atoms with Crippen LogP contribution in [0.15, 0.2) is 47.4 Å². The lowest BCUT2D eigenvalue weighted by molar-refractivity contribution is -0.0440. The first-order chi connectivity index (χ1) is 13.2. The van der Waals surface area contributed by atoms with Crippen LogP contribution in [0.25, 0.3) is 0 Å². The maximum Gasteiger partial charge on any atom is 0.255 e. The Bertz CT molecular complexity index is 966. The van der Waals surface area contributed by atoms with E-state index in [1.807, 2.05) is 26.8 Å². The lowest BCUT2D eigenvalue weighted by Crippen LogP contribution is -2.48. The number of morpholine rings is 1. The highest BCUT2D eigenvalue weighted by molar-refractivity contribution is 7.89. The van der Waals surface area contributed by atoms with Crippen molar-refractivity contribution in [2.75, 3.05) is 18.4 Å². The number of carbonyl (C=O) groups excluding carboxylic acids is 1. The van der Waals surface area contributed by atoms with Crippen molar-refractivity contribution in [2.45, 2.75) is 37.9 Å². The average Bonchev–Trinajstić information content (AvgIpc) is 2.63. The van der Waals surface area contributed by atoms with Crippen molar-refractivity contribution < 1.29 is 17.9 Å². The minimum atomic E-state index is -3.64. The second-order valence-electron chi connectivity index (χ2n) is 7.04. The minimum Gasteiger partial charge on any atom is -0.373 e. The Morgan fingerprint density at radius 2 is 1.71 bits per heavy atom. The van der Waals surface area contributed by atoms with Gasteiger partial charge in [-0.1, -0.05) is 17.7 Å². The number of hydrogen-bond donors (Lipinski definition) is 1. The molecule has 0 aliphatic carbocycles. The zero-order valence-electron chi connectivity index (χ0n) is 16.0. The van der Waals surface area contributed by atoms with Crippen molar-refractivity contribution in [3.8, 4) is 0 Å². The number of hydrogen-bond acceptors (Lipinski definition) is 4. The van der Waals surface area contributed by atoms with E-state index < -0.39 is 10.0 Å².